The lowest BCUT2D eigenvalue weighted by Crippen LogP contribution is -2.26. The summed E-state index contributed by atoms with van der Waals surface area (Å²) in [6.45, 7) is 5.40. The molecule has 30 heavy (non-hydrogen) atoms. The number of fused-ring (bicyclic) bond motifs is 1. The number of aryl methyl sites for hydroxylation is 2. The van der Waals surface area contributed by atoms with Crippen LogP contribution in [0.25, 0.3) is 10.9 Å². The monoisotopic (exact) mass is 424 g/mol. The molecule has 0 saturated heterocycles. The zero-order chi connectivity index (χ0) is 21.7. The molecule has 0 atom stereocenters. The molecular weight excluding hydrogens is 396 g/mol. The second-order valence-electron chi connectivity index (χ2n) is 7.68. The molecular formula is C23H28N4O2S. The quantitative estimate of drug-likeness (QED) is 0.441. The molecule has 1 heterocycles. The standard InChI is InChI=1S/C23H28N4O2S/c1-16-10-11-17(2)20(14-16)24-21(28)15-30-23-25-19-9-6-5-8-18(19)22(29)27(23)13-7-12-26(3)4/h5-6,8-11,14H,7,12-13,15H2,1-4H3,(H,24,28). The number of nitrogens with zero attached hydrogens (tertiary/aromatic N) is 3. The highest BCUT2D eigenvalue weighted by molar-refractivity contribution is 7.99. The van der Waals surface area contributed by atoms with Gasteiger partial charge in [-0.05, 0) is 70.2 Å². The Balaban J connectivity index is 1.80. The van der Waals surface area contributed by atoms with E-state index in [0.717, 1.165) is 29.8 Å². The minimum absolute atomic E-state index is 0.0585. The van der Waals surface area contributed by atoms with E-state index in [1.165, 1.54) is 11.8 Å². The molecule has 1 aromatic heterocycles. The molecule has 0 bridgehead atoms. The third kappa shape index (κ3) is 5.49. The second kappa shape index (κ2) is 9.91. The van der Waals surface area contributed by atoms with E-state index in [2.05, 4.69) is 15.2 Å². The van der Waals surface area contributed by atoms with Crippen molar-refractivity contribution in [3.05, 3.63) is 63.9 Å². The summed E-state index contributed by atoms with van der Waals surface area (Å²) in [5.41, 5.74) is 3.52. The van der Waals surface area contributed by atoms with Crippen molar-refractivity contribution < 1.29 is 4.79 Å². The summed E-state index contributed by atoms with van der Waals surface area (Å²) in [6, 6.07) is 13.3. The Bertz CT molecular complexity index is 1110. The van der Waals surface area contributed by atoms with Crippen LogP contribution in [0.5, 0.6) is 0 Å². The number of amides is 1. The molecule has 3 rings (SSSR count). The van der Waals surface area contributed by atoms with Crippen LogP contribution >= 0.6 is 11.8 Å². The molecule has 2 aromatic carbocycles. The van der Waals surface area contributed by atoms with Gasteiger partial charge in [0.1, 0.15) is 0 Å². The Morgan fingerprint density at radius 1 is 1.17 bits per heavy atom. The summed E-state index contributed by atoms with van der Waals surface area (Å²) in [6.07, 6.45) is 0.829. The van der Waals surface area contributed by atoms with Crippen LogP contribution in [0.15, 0.2) is 52.4 Å². The zero-order valence-corrected chi connectivity index (χ0v) is 18.8. The van der Waals surface area contributed by atoms with Crippen LogP contribution in [-0.2, 0) is 11.3 Å². The Morgan fingerprint density at radius 2 is 1.93 bits per heavy atom. The van der Waals surface area contributed by atoms with E-state index >= 15 is 0 Å². The Morgan fingerprint density at radius 3 is 2.70 bits per heavy atom. The van der Waals surface area contributed by atoms with Crippen LogP contribution in [0.1, 0.15) is 17.5 Å². The lowest BCUT2D eigenvalue weighted by molar-refractivity contribution is -0.113. The van der Waals surface area contributed by atoms with E-state index < -0.39 is 0 Å². The number of thioether (sulfide) groups is 1. The number of nitrogens with one attached hydrogen (secondary N) is 1. The number of carbonyl (C=O) groups is 1. The van der Waals surface area contributed by atoms with E-state index in [9.17, 15) is 9.59 Å². The lowest BCUT2D eigenvalue weighted by Gasteiger charge is -2.15. The van der Waals surface area contributed by atoms with E-state index in [-0.39, 0.29) is 17.2 Å². The number of rotatable bonds is 8. The van der Waals surface area contributed by atoms with Gasteiger partial charge in [-0.1, -0.05) is 36.0 Å². The van der Waals surface area contributed by atoms with Crippen LogP contribution in [0, 0.1) is 13.8 Å². The van der Waals surface area contributed by atoms with Crippen molar-refractivity contribution in [2.75, 3.05) is 31.7 Å². The smallest absolute Gasteiger partial charge is 0.262 e. The number of carbonyl (C=O) groups excluding carboxylic acids is 1. The summed E-state index contributed by atoms with van der Waals surface area (Å²) in [4.78, 5) is 32.4. The molecule has 0 saturated carbocycles. The van der Waals surface area contributed by atoms with Crippen molar-refractivity contribution in [2.45, 2.75) is 32.0 Å². The van der Waals surface area contributed by atoms with Gasteiger partial charge in [0.2, 0.25) is 5.91 Å². The number of hydrogen-bond donors (Lipinski definition) is 1. The highest BCUT2D eigenvalue weighted by Gasteiger charge is 2.14. The predicted molar refractivity (Wildman–Crippen MR) is 124 cm³/mol. The first-order valence-electron chi connectivity index (χ1n) is 9.99. The van der Waals surface area contributed by atoms with Gasteiger partial charge in [-0.25, -0.2) is 4.98 Å². The molecule has 0 spiro atoms. The maximum atomic E-state index is 13.0. The SMILES string of the molecule is Cc1ccc(C)c(NC(=O)CSc2nc3ccccc3c(=O)n2CCCN(C)C)c1. The summed E-state index contributed by atoms with van der Waals surface area (Å²) in [5.74, 6) is 0.0715. The van der Waals surface area contributed by atoms with Crippen LogP contribution in [0.3, 0.4) is 0 Å². The third-order valence-electron chi connectivity index (χ3n) is 4.81. The maximum Gasteiger partial charge on any atom is 0.262 e. The number of hydrogen-bond acceptors (Lipinski definition) is 5. The fourth-order valence-electron chi connectivity index (χ4n) is 3.19. The molecule has 6 nitrogen and oxygen atoms in total. The molecule has 1 amide bonds. The van der Waals surface area contributed by atoms with Gasteiger partial charge in [-0.3, -0.25) is 14.2 Å². The normalized spacial score (nSPS) is 11.2. The van der Waals surface area contributed by atoms with Crippen molar-refractivity contribution >= 4 is 34.3 Å². The number of anilines is 1. The van der Waals surface area contributed by atoms with Crippen molar-refractivity contribution in [1.82, 2.24) is 14.5 Å². The van der Waals surface area contributed by atoms with E-state index in [1.54, 1.807) is 10.6 Å². The maximum absolute atomic E-state index is 13.0. The fraction of sp³-hybridized carbons (Fsp3) is 0.348. The Hall–Kier alpha value is -2.64. The molecule has 1 N–H and O–H groups in total. The first-order valence-corrected chi connectivity index (χ1v) is 11.0. The first kappa shape index (κ1) is 22.1. The van der Waals surface area contributed by atoms with Crippen LogP contribution in [0.2, 0.25) is 0 Å². The molecule has 0 aliphatic heterocycles. The molecule has 3 aromatic rings. The minimum atomic E-state index is -0.115. The average molecular weight is 425 g/mol. The van der Waals surface area contributed by atoms with Crippen molar-refractivity contribution in [3.63, 3.8) is 0 Å². The molecule has 0 radical (unpaired) electrons. The van der Waals surface area contributed by atoms with E-state index in [0.29, 0.717) is 22.6 Å². The molecule has 0 aliphatic carbocycles. The number of para-hydroxylation sites is 1. The summed E-state index contributed by atoms with van der Waals surface area (Å²) >= 11 is 1.30. The largest absolute Gasteiger partial charge is 0.325 e. The van der Waals surface area contributed by atoms with Gasteiger partial charge in [0.25, 0.3) is 5.56 Å². The van der Waals surface area contributed by atoms with Gasteiger partial charge in [-0.15, -0.1) is 0 Å². The fourth-order valence-corrected chi connectivity index (χ4v) is 4.01. The number of aromatic nitrogens is 2. The summed E-state index contributed by atoms with van der Waals surface area (Å²) in [5, 5.41) is 4.15. The van der Waals surface area contributed by atoms with E-state index in [4.69, 9.17) is 0 Å². The predicted octanol–water partition coefficient (Wildman–Crippen LogP) is 3.70. The van der Waals surface area contributed by atoms with Gasteiger partial charge < -0.3 is 10.2 Å². The highest BCUT2D eigenvalue weighted by atomic mass is 32.2. The molecule has 0 aliphatic rings. The Kier molecular flexibility index (Phi) is 7.29. The lowest BCUT2D eigenvalue weighted by atomic mass is 10.1. The van der Waals surface area contributed by atoms with Gasteiger partial charge in [0.05, 0.1) is 16.7 Å². The van der Waals surface area contributed by atoms with Gasteiger partial charge in [0, 0.05) is 12.2 Å². The average Bonchev–Trinajstić information content (AvgIpc) is 2.71. The van der Waals surface area contributed by atoms with Gasteiger partial charge in [-0.2, -0.15) is 0 Å². The summed E-state index contributed by atoms with van der Waals surface area (Å²) in [7, 11) is 4.02. The highest BCUT2D eigenvalue weighted by Crippen LogP contribution is 2.20. The Labute approximate surface area is 181 Å². The zero-order valence-electron chi connectivity index (χ0n) is 17.9. The molecule has 0 fully saturated rings. The van der Waals surface area contributed by atoms with E-state index in [1.807, 2.05) is 64.3 Å². The second-order valence-corrected chi connectivity index (χ2v) is 8.62. The van der Waals surface area contributed by atoms with Crippen LogP contribution in [-0.4, -0.2) is 46.8 Å². The van der Waals surface area contributed by atoms with Gasteiger partial charge in [0.15, 0.2) is 5.16 Å². The van der Waals surface area contributed by atoms with Crippen molar-refractivity contribution in [3.8, 4) is 0 Å². The van der Waals surface area contributed by atoms with Crippen LogP contribution < -0.4 is 10.9 Å². The van der Waals surface area contributed by atoms with Crippen molar-refractivity contribution in [1.29, 1.82) is 0 Å². The molecule has 7 heteroatoms. The van der Waals surface area contributed by atoms with Gasteiger partial charge >= 0.3 is 0 Å². The third-order valence-corrected chi connectivity index (χ3v) is 5.79. The minimum Gasteiger partial charge on any atom is -0.325 e. The number of benzene rings is 2. The topological polar surface area (TPSA) is 67.2 Å². The summed E-state index contributed by atoms with van der Waals surface area (Å²) < 4.78 is 1.70. The van der Waals surface area contributed by atoms with Crippen molar-refractivity contribution in [2.24, 2.45) is 0 Å². The molecule has 0 unspecified atom stereocenters. The first-order chi connectivity index (χ1) is 14.3. The molecule has 158 valence electrons. The van der Waals surface area contributed by atoms with Crippen LogP contribution in [0.4, 0.5) is 5.69 Å².